The van der Waals surface area contributed by atoms with E-state index in [9.17, 15) is 91.0 Å². The Labute approximate surface area is 272 Å². The quantitative estimate of drug-likeness (QED) is 0.147. The molecule has 1 heterocycles. The number of non-ortho nitro benzene ring substituents is 3. The topological polar surface area (TPSA) is 427 Å². The molecular weight excluding hydrogens is 708 g/mol. The highest BCUT2D eigenvalue weighted by atomic mass is 16.7. The Morgan fingerprint density at radius 2 is 0.529 bits per heavy atom. The molecule has 4 rings (SSSR count). The SMILES string of the molecule is O=[N+]([O-])c1cc([N+](=O)[O-])c(-c2nnnc(-c3c([N+](=O)[O-])cc([N+](=O)[O-])cc3[N+](=O)[O-])c2-c2c([N+](=O)[O-])cc([N+](=O)[O-])cc2[N+](=O)[O-])c([N+](=O)[O-])c1. The number of hydrogen-bond donors (Lipinski definition) is 0. The van der Waals surface area contributed by atoms with Crippen LogP contribution in [0.15, 0.2) is 36.4 Å². The summed E-state index contributed by atoms with van der Waals surface area (Å²) in [6.45, 7) is 0. The fourth-order valence-corrected chi connectivity index (χ4v) is 4.62. The minimum atomic E-state index is -1.69. The molecule has 0 fully saturated rings. The molecule has 3 aromatic carbocycles. The number of rotatable bonds is 12. The molecule has 0 radical (unpaired) electrons. The largest absolute Gasteiger partial charge is 0.292 e. The molecule has 0 saturated carbocycles. The van der Waals surface area contributed by atoms with Gasteiger partial charge in [0.05, 0.1) is 86.3 Å². The maximum Gasteiger partial charge on any atom is 0.292 e. The highest BCUT2D eigenvalue weighted by Crippen LogP contribution is 2.53. The Kier molecular flexibility index (Phi) is 8.83. The Morgan fingerprint density at radius 1 is 0.314 bits per heavy atom. The maximum atomic E-state index is 12.3. The number of hydrogen-bond acceptors (Lipinski definition) is 21. The summed E-state index contributed by atoms with van der Waals surface area (Å²) in [5.74, 6) is 0. The molecule has 0 bridgehead atoms. The van der Waals surface area contributed by atoms with E-state index in [1.807, 2.05) is 0 Å². The van der Waals surface area contributed by atoms with Crippen LogP contribution in [-0.2, 0) is 0 Å². The average Bonchev–Trinajstić information content (AvgIpc) is 3.05. The summed E-state index contributed by atoms with van der Waals surface area (Å²) in [5, 5.41) is 118. The molecule has 0 atom stereocenters. The first kappa shape index (κ1) is 35.1. The fraction of sp³-hybridized carbons (Fsp3) is 0. The van der Waals surface area contributed by atoms with Crippen LogP contribution in [0.2, 0.25) is 0 Å². The minimum absolute atomic E-state index is 0.0631. The third-order valence-corrected chi connectivity index (χ3v) is 6.54. The van der Waals surface area contributed by atoms with Crippen LogP contribution in [0.4, 0.5) is 51.2 Å². The summed E-state index contributed by atoms with van der Waals surface area (Å²) in [5.41, 5.74) is -22.9. The zero-order valence-electron chi connectivity index (χ0n) is 23.7. The van der Waals surface area contributed by atoms with Gasteiger partial charge in [0.25, 0.3) is 51.2 Å². The third-order valence-electron chi connectivity index (χ3n) is 6.54. The lowest BCUT2D eigenvalue weighted by molar-refractivity contribution is -0.402. The molecule has 0 amide bonds. The lowest BCUT2D eigenvalue weighted by Crippen LogP contribution is -2.09. The Balaban J connectivity index is 2.50. The maximum absolute atomic E-state index is 12.3. The summed E-state index contributed by atoms with van der Waals surface area (Å²) in [6, 6.07) is 0.528. The minimum Gasteiger partial charge on any atom is -0.258 e. The average molecular weight is 714 g/mol. The van der Waals surface area contributed by atoms with Crippen molar-refractivity contribution < 1.29 is 44.3 Å². The van der Waals surface area contributed by atoms with Crippen molar-refractivity contribution >= 4 is 51.2 Å². The second-order valence-electron chi connectivity index (χ2n) is 9.25. The van der Waals surface area contributed by atoms with E-state index in [-0.39, 0.29) is 36.4 Å². The predicted octanol–water partition coefficient (Wildman–Crippen LogP) is 4.05. The molecule has 0 aliphatic heterocycles. The van der Waals surface area contributed by atoms with Crippen LogP contribution >= 0.6 is 0 Å². The zero-order chi connectivity index (χ0) is 38.2. The third kappa shape index (κ3) is 6.21. The first-order valence-corrected chi connectivity index (χ1v) is 12.4. The van der Waals surface area contributed by atoms with Crippen molar-refractivity contribution in [2.75, 3.05) is 0 Å². The van der Waals surface area contributed by atoms with E-state index in [1.54, 1.807) is 0 Å². The van der Waals surface area contributed by atoms with Crippen molar-refractivity contribution in [3.8, 4) is 33.6 Å². The van der Waals surface area contributed by atoms with Crippen LogP contribution in [-0.4, -0.2) is 59.7 Å². The molecule has 258 valence electrons. The summed E-state index contributed by atoms with van der Waals surface area (Å²) >= 11 is 0. The lowest BCUT2D eigenvalue weighted by Gasteiger charge is -2.14. The summed E-state index contributed by atoms with van der Waals surface area (Å²) in [7, 11) is 0. The van der Waals surface area contributed by atoms with Crippen molar-refractivity contribution in [2.24, 2.45) is 0 Å². The number of nitrogens with zero attached hydrogens (tertiary/aromatic N) is 12. The normalized spacial score (nSPS) is 10.6. The molecule has 51 heavy (non-hydrogen) atoms. The number of aromatic nitrogens is 3. The molecule has 0 aliphatic rings. The van der Waals surface area contributed by atoms with E-state index >= 15 is 0 Å². The molecule has 0 spiro atoms. The first-order chi connectivity index (χ1) is 23.8. The first-order valence-electron chi connectivity index (χ1n) is 12.4. The van der Waals surface area contributed by atoms with Crippen molar-refractivity contribution in [3.05, 3.63) is 127 Å². The molecule has 0 aliphatic carbocycles. The second-order valence-corrected chi connectivity index (χ2v) is 9.25. The van der Waals surface area contributed by atoms with Crippen molar-refractivity contribution in [2.45, 2.75) is 0 Å². The Hall–Kier alpha value is -8.73. The van der Waals surface area contributed by atoms with E-state index < -0.39 is 129 Å². The van der Waals surface area contributed by atoms with Crippen molar-refractivity contribution in [1.82, 2.24) is 15.4 Å². The van der Waals surface area contributed by atoms with Crippen LogP contribution in [0.1, 0.15) is 0 Å². The molecule has 4 aromatic rings. The molecule has 1 aromatic heterocycles. The van der Waals surface area contributed by atoms with Gasteiger partial charge in [-0.15, -0.1) is 10.2 Å². The van der Waals surface area contributed by atoms with E-state index in [1.165, 1.54) is 0 Å². The van der Waals surface area contributed by atoms with E-state index in [2.05, 4.69) is 15.4 Å². The van der Waals surface area contributed by atoms with Gasteiger partial charge < -0.3 is 0 Å². The second kappa shape index (κ2) is 12.8. The van der Waals surface area contributed by atoms with Gasteiger partial charge in [-0.25, -0.2) is 0 Å². The zero-order valence-corrected chi connectivity index (χ0v) is 23.7. The highest BCUT2D eigenvalue weighted by Gasteiger charge is 2.43. The van der Waals surface area contributed by atoms with E-state index in [4.69, 9.17) is 0 Å². The smallest absolute Gasteiger partial charge is 0.258 e. The fourth-order valence-electron chi connectivity index (χ4n) is 4.62. The lowest BCUT2D eigenvalue weighted by atomic mass is 9.90. The summed E-state index contributed by atoms with van der Waals surface area (Å²) in [6.07, 6.45) is 0. The van der Waals surface area contributed by atoms with Gasteiger partial charge in [-0.1, -0.05) is 0 Å². The van der Waals surface area contributed by atoms with E-state index in [0.717, 1.165) is 0 Å². The standard InChI is InChI=1S/C21H6N12O18/c34-25(35)7-1-10(28(40)41)16(11(2-7)29(42)43)19-20(17-12(30(44)45)3-8(26(36)37)4-13(17)31(46)47)22-24-23-21(19)18-14(32(48)49)5-9(27(38)39)6-15(18)33(50)51/h1-6H. The van der Waals surface area contributed by atoms with Gasteiger partial charge in [0.1, 0.15) is 17.0 Å². The van der Waals surface area contributed by atoms with Gasteiger partial charge in [0.15, 0.2) is 11.1 Å². The van der Waals surface area contributed by atoms with Crippen LogP contribution in [0.5, 0.6) is 0 Å². The molecule has 0 unspecified atom stereocenters. The summed E-state index contributed by atoms with van der Waals surface area (Å²) < 4.78 is 0. The molecular formula is C21H6N12O18. The molecule has 0 saturated heterocycles. The monoisotopic (exact) mass is 714 g/mol. The Morgan fingerprint density at radius 3 is 0.725 bits per heavy atom. The van der Waals surface area contributed by atoms with Gasteiger partial charge in [-0.2, -0.15) is 0 Å². The van der Waals surface area contributed by atoms with Gasteiger partial charge in [-0.05, 0) is 5.21 Å². The van der Waals surface area contributed by atoms with Crippen LogP contribution < -0.4 is 0 Å². The van der Waals surface area contributed by atoms with Gasteiger partial charge in [-0.3, -0.25) is 91.0 Å². The van der Waals surface area contributed by atoms with Crippen LogP contribution in [0.25, 0.3) is 33.6 Å². The van der Waals surface area contributed by atoms with Gasteiger partial charge >= 0.3 is 0 Å². The molecule has 0 N–H and O–H groups in total. The van der Waals surface area contributed by atoms with E-state index in [0.29, 0.717) is 0 Å². The number of nitro benzene ring substituents is 9. The van der Waals surface area contributed by atoms with Gasteiger partial charge in [0, 0.05) is 0 Å². The molecule has 30 heteroatoms. The Bertz CT molecular complexity index is 2130. The highest BCUT2D eigenvalue weighted by molar-refractivity contribution is 6.03. The van der Waals surface area contributed by atoms with Crippen molar-refractivity contribution in [3.63, 3.8) is 0 Å². The predicted molar refractivity (Wildman–Crippen MR) is 156 cm³/mol. The number of benzene rings is 3. The van der Waals surface area contributed by atoms with Crippen LogP contribution in [0.3, 0.4) is 0 Å². The summed E-state index contributed by atoms with van der Waals surface area (Å²) in [4.78, 5) is 94.7. The number of nitro groups is 9. The molecule has 30 nitrogen and oxygen atoms in total. The van der Waals surface area contributed by atoms with Crippen LogP contribution in [0, 0.1) is 91.0 Å². The van der Waals surface area contributed by atoms with Crippen molar-refractivity contribution in [1.29, 1.82) is 0 Å². The van der Waals surface area contributed by atoms with Gasteiger partial charge in [0.2, 0.25) is 0 Å².